The number of anilines is 2. The summed E-state index contributed by atoms with van der Waals surface area (Å²) in [4.78, 5) is 76.0. The van der Waals surface area contributed by atoms with Crippen molar-refractivity contribution in [2.24, 2.45) is 0 Å². The first-order valence-corrected chi connectivity index (χ1v) is 19.7. The predicted octanol–water partition coefficient (Wildman–Crippen LogP) is 5.19. The van der Waals surface area contributed by atoms with Crippen LogP contribution in [0, 0.1) is 13.8 Å². The van der Waals surface area contributed by atoms with Crippen molar-refractivity contribution in [1.29, 1.82) is 0 Å². The third-order valence-corrected chi connectivity index (χ3v) is 11.2. The van der Waals surface area contributed by atoms with E-state index in [-0.39, 0.29) is 22.7 Å². The van der Waals surface area contributed by atoms with Crippen LogP contribution < -0.4 is 20.9 Å². The molecule has 0 saturated heterocycles. The molecule has 0 radical (unpaired) electrons. The van der Waals surface area contributed by atoms with Gasteiger partial charge in [-0.15, -0.1) is 0 Å². The van der Waals surface area contributed by atoms with E-state index in [9.17, 15) is 19.5 Å². The molecule has 2 aliphatic heterocycles. The number of fused-ring (bicyclic) bond motifs is 4. The molecule has 10 rings (SSSR count). The average Bonchev–Trinajstić information content (AvgIpc) is 3.86. The molecule has 0 aromatic carbocycles. The summed E-state index contributed by atoms with van der Waals surface area (Å²) < 4.78 is 3.42. The number of nitrogens with one attached hydrogen (secondary N) is 2. The summed E-state index contributed by atoms with van der Waals surface area (Å²) in [6, 6.07) is 12.7. The number of aromatic amines is 2. The van der Waals surface area contributed by atoms with Gasteiger partial charge in [0, 0.05) is 111 Å². The highest BCUT2D eigenvalue weighted by molar-refractivity contribution is 6.16. The van der Waals surface area contributed by atoms with Crippen LogP contribution in [0.1, 0.15) is 51.3 Å². The van der Waals surface area contributed by atoms with Crippen molar-refractivity contribution in [3.63, 3.8) is 0 Å². The van der Waals surface area contributed by atoms with E-state index in [1.54, 1.807) is 65.1 Å². The van der Waals surface area contributed by atoms with Crippen molar-refractivity contribution >= 4 is 39.7 Å². The highest BCUT2D eigenvalue weighted by atomic mass is 16.3. The van der Waals surface area contributed by atoms with Gasteiger partial charge >= 0.3 is 0 Å². The van der Waals surface area contributed by atoms with Crippen molar-refractivity contribution in [1.82, 2.24) is 49.0 Å². The minimum absolute atomic E-state index is 0.0515. The van der Waals surface area contributed by atoms with Gasteiger partial charge in [-0.1, -0.05) is 6.07 Å². The summed E-state index contributed by atoms with van der Waals surface area (Å²) >= 11 is 0. The van der Waals surface area contributed by atoms with Gasteiger partial charge in [-0.25, -0.2) is 19.9 Å². The van der Waals surface area contributed by atoms with Crippen LogP contribution in [-0.4, -0.2) is 87.1 Å². The third-order valence-electron chi connectivity index (χ3n) is 11.2. The lowest BCUT2D eigenvalue weighted by Crippen LogP contribution is -2.36. The molecule has 0 saturated carbocycles. The smallest absolute Gasteiger partial charge is 0.264 e. The van der Waals surface area contributed by atoms with Crippen LogP contribution in [0.5, 0.6) is 5.75 Å². The number of ketones is 1. The van der Waals surface area contributed by atoms with Gasteiger partial charge in [0.1, 0.15) is 17.0 Å². The number of hydrogen-bond acceptors (Lipinski definition) is 12. The Balaban J connectivity index is 0.000000154. The Labute approximate surface area is 343 Å². The molecule has 10 heterocycles. The zero-order valence-electron chi connectivity index (χ0n) is 33.6. The second kappa shape index (κ2) is 15.4. The van der Waals surface area contributed by atoms with Gasteiger partial charge in [0.05, 0.1) is 28.7 Å². The topological polar surface area (TPSA) is 197 Å². The van der Waals surface area contributed by atoms with E-state index in [0.29, 0.717) is 76.4 Å². The maximum absolute atomic E-state index is 13.1. The van der Waals surface area contributed by atoms with E-state index in [4.69, 9.17) is 4.98 Å². The number of aryl methyl sites for hydroxylation is 2. The average molecular weight is 803 g/mol. The van der Waals surface area contributed by atoms with E-state index < -0.39 is 0 Å². The van der Waals surface area contributed by atoms with Crippen LogP contribution in [0.25, 0.3) is 44.6 Å². The first-order chi connectivity index (χ1) is 29.0. The highest BCUT2D eigenvalue weighted by Crippen LogP contribution is 2.27. The fourth-order valence-corrected chi connectivity index (χ4v) is 8.03. The molecular weight excluding hydrogens is 761 g/mol. The number of carbonyl (C=O) groups is 1. The van der Waals surface area contributed by atoms with Gasteiger partial charge in [0.2, 0.25) is 11.9 Å². The predicted molar refractivity (Wildman–Crippen MR) is 229 cm³/mol. The Hall–Kier alpha value is -7.49. The summed E-state index contributed by atoms with van der Waals surface area (Å²) in [5.74, 6) is 1.39. The second-order valence-electron chi connectivity index (χ2n) is 15.2. The Morgan fingerprint density at radius 3 is 1.95 bits per heavy atom. The molecule has 0 amide bonds. The van der Waals surface area contributed by atoms with E-state index >= 15 is 0 Å². The quantitative estimate of drug-likeness (QED) is 0.187. The number of pyridine rings is 4. The molecule has 0 aliphatic carbocycles. The van der Waals surface area contributed by atoms with Crippen molar-refractivity contribution in [2.75, 3.05) is 37.0 Å². The molecule has 3 N–H and O–H groups in total. The number of nitrogens with zero attached hydrogens (tertiary/aromatic N) is 10. The van der Waals surface area contributed by atoms with Crippen molar-refractivity contribution in [3.8, 4) is 28.3 Å². The fourth-order valence-electron chi connectivity index (χ4n) is 8.03. The molecule has 60 heavy (non-hydrogen) atoms. The molecule has 0 fully saturated rings. The van der Waals surface area contributed by atoms with E-state index in [1.807, 2.05) is 55.2 Å². The zero-order chi connectivity index (χ0) is 41.7. The molecule has 2 aliphatic rings. The Morgan fingerprint density at radius 1 is 0.683 bits per heavy atom. The number of hydrogen-bond donors (Lipinski definition) is 3. The van der Waals surface area contributed by atoms with Crippen LogP contribution in [0.2, 0.25) is 0 Å². The van der Waals surface area contributed by atoms with Crippen molar-refractivity contribution < 1.29 is 9.90 Å². The number of H-pyrrole nitrogens is 2. The normalized spacial score (nSPS) is 13.5. The fraction of sp³-hybridized carbons (Fsp3) is 0.250. The van der Waals surface area contributed by atoms with E-state index in [2.05, 4.69) is 34.9 Å². The minimum Gasteiger partial charge on any atom is -0.506 e. The molecule has 8 aromatic rings. The standard InChI is InChI=1S/C22H22N6O2.C22H20N6O2/c1-13-14(8-15-10-23-20-17(15)9-16(29)11-24-20)4-5-19(26-13)18-12-25-22-27(2)6-3-7-28(22)21(18)30;1-13-14(19(29)16-11-24-20-15(16)5-3-8-23-20)6-7-18(26-13)17-12-25-22-27(2)9-4-10-28(22)21(17)30/h4-5,9-12,29H,3,6-8H2,1-2H3,(H,23,24);3,5-8,11-12H,4,9-10H2,1-2H3,(H,23,24). The summed E-state index contributed by atoms with van der Waals surface area (Å²) in [6.45, 7) is 6.82. The maximum Gasteiger partial charge on any atom is 0.264 e. The molecule has 16 nitrogen and oxygen atoms in total. The highest BCUT2D eigenvalue weighted by Gasteiger charge is 2.23. The van der Waals surface area contributed by atoms with E-state index in [1.165, 1.54) is 6.20 Å². The first-order valence-electron chi connectivity index (χ1n) is 19.7. The number of aromatic hydroxyl groups is 1. The van der Waals surface area contributed by atoms with Crippen LogP contribution in [0.4, 0.5) is 11.9 Å². The molecule has 302 valence electrons. The number of rotatable bonds is 6. The summed E-state index contributed by atoms with van der Waals surface area (Å²) in [7, 11) is 3.88. The molecule has 0 spiro atoms. The molecule has 16 heteroatoms. The SMILES string of the molecule is Cc1nc(-c2cnc3n(c2=O)CCCN3C)ccc1C(=O)c1c[nH]c2ncccc12.Cc1nc(-c2cnc3n(c2=O)CCCN3C)ccc1Cc1c[nH]c2ncc(O)cc12. The Bertz CT molecular complexity index is 3090. The lowest BCUT2D eigenvalue weighted by molar-refractivity contribution is 0.103. The largest absolute Gasteiger partial charge is 0.506 e. The van der Waals surface area contributed by atoms with Gasteiger partial charge < -0.3 is 24.9 Å². The van der Waals surface area contributed by atoms with Crippen LogP contribution in [0.15, 0.2) is 89.2 Å². The monoisotopic (exact) mass is 802 g/mol. The third kappa shape index (κ3) is 6.84. The second-order valence-corrected chi connectivity index (χ2v) is 15.2. The molecule has 0 atom stereocenters. The number of aromatic nitrogens is 10. The van der Waals surface area contributed by atoms with Crippen LogP contribution in [0.3, 0.4) is 0 Å². The van der Waals surface area contributed by atoms with Crippen molar-refractivity contribution in [3.05, 3.63) is 134 Å². The van der Waals surface area contributed by atoms with Crippen LogP contribution in [-0.2, 0) is 19.5 Å². The molecular formula is C44H42N12O4. The molecule has 0 bridgehead atoms. The first kappa shape index (κ1) is 38.1. The van der Waals surface area contributed by atoms with Crippen LogP contribution >= 0.6 is 0 Å². The molecule has 8 aromatic heterocycles. The lowest BCUT2D eigenvalue weighted by atomic mass is 10.0. The summed E-state index contributed by atoms with van der Waals surface area (Å²) in [5.41, 5.74) is 7.90. The Kier molecular flexibility index (Phi) is 9.74. The Morgan fingerprint density at radius 2 is 1.30 bits per heavy atom. The molecule has 0 unspecified atom stereocenters. The van der Waals surface area contributed by atoms with Gasteiger partial charge in [0.25, 0.3) is 11.1 Å². The summed E-state index contributed by atoms with van der Waals surface area (Å²) in [6.07, 6.45) is 12.4. The van der Waals surface area contributed by atoms with Gasteiger partial charge in [0.15, 0.2) is 5.78 Å². The number of carbonyl (C=O) groups excluding carboxylic acids is 1. The van der Waals surface area contributed by atoms with Gasteiger partial charge in [-0.2, -0.15) is 0 Å². The van der Waals surface area contributed by atoms with Gasteiger partial charge in [-0.05, 0) is 74.2 Å². The summed E-state index contributed by atoms with van der Waals surface area (Å²) in [5, 5.41) is 11.4. The van der Waals surface area contributed by atoms with Crippen molar-refractivity contribution in [2.45, 2.75) is 46.2 Å². The minimum atomic E-state index is -0.132. The van der Waals surface area contributed by atoms with E-state index in [0.717, 1.165) is 59.2 Å². The van der Waals surface area contributed by atoms with Gasteiger partial charge in [-0.3, -0.25) is 33.5 Å². The zero-order valence-corrected chi connectivity index (χ0v) is 33.6. The maximum atomic E-state index is 13.1. The lowest BCUT2D eigenvalue weighted by Gasteiger charge is -2.27.